The molecule has 0 spiro atoms. The Labute approximate surface area is 295 Å². The summed E-state index contributed by atoms with van der Waals surface area (Å²) in [5.74, 6) is 0.960. The van der Waals surface area contributed by atoms with Crippen molar-refractivity contribution in [3.63, 3.8) is 0 Å². The lowest BCUT2D eigenvalue weighted by Gasteiger charge is -2.47. The van der Waals surface area contributed by atoms with Gasteiger partial charge in [0.05, 0.1) is 29.4 Å². The number of aliphatic hydroxyl groups is 2. The predicted octanol–water partition coefficient (Wildman–Crippen LogP) is 8.00. The lowest BCUT2D eigenvalue weighted by Crippen LogP contribution is -2.56. The van der Waals surface area contributed by atoms with Crippen LogP contribution >= 0.6 is 11.3 Å². The third-order valence-corrected chi connectivity index (χ3v) is 13.0. The Bertz CT molecular complexity index is 1810. The van der Waals surface area contributed by atoms with Crippen LogP contribution in [0.15, 0.2) is 84.4 Å². The molecule has 2 bridgehead atoms. The molecule has 1 saturated heterocycles. The van der Waals surface area contributed by atoms with Gasteiger partial charge in [-0.15, -0.1) is 11.3 Å². The Morgan fingerprint density at radius 2 is 1.76 bits per heavy atom. The number of β-amino-alcohol motifs (C(OH)–C–C–N with tert-alkyl or cyclic N) is 1. The van der Waals surface area contributed by atoms with Crippen molar-refractivity contribution >= 4 is 32.9 Å². The Balaban J connectivity index is 1.21. The Morgan fingerprint density at radius 3 is 2.55 bits per heavy atom. The monoisotopic (exact) mass is 678 g/mol. The summed E-state index contributed by atoms with van der Waals surface area (Å²) in [5.41, 5.74) is 3.82. The van der Waals surface area contributed by atoms with Crippen LogP contribution in [0.1, 0.15) is 84.7 Å². The molecule has 0 radical (unpaired) electrons. The summed E-state index contributed by atoms with van der Waals surface area (Å²) in [7, 11) is 1.73. The second-order valence-corrected chi connectivity index (χ2v) is 15.9. The summed E-state index contributed by atoms with van der Waals surface area (Å²) < 4.78 is 6.76. The number of benzene rings is 3. The zero-order chi connectivity index (χ0) is 34.2. The predicted molar refractivity (Wildman–Crippen MR) is 200 cm³/mol. The summed E-state index contributed by atoms with van der Waals surface area (Å²) in [6, 6.07) is 24.7. The Morgan fingerprint density at radius 1 is 0.980 bits per heavy atom. The van der Waals surface area contributed by atoms with Gasteiger partial charge in [-0.3, -0.25) is 9.69 Å². The van der Waals surface area contributed by atoms with E-state index in [0.29, 0.717) is 25.8 Å². The number of aliphatic hydroxyl groups excluding tert-OH is 1. The largest absolute Gasteiger partial charge is 0.495 e. The van der Waals surface area contributed by atoms with Gasteiger partial charge in [-0.25, -0.2) is 0 Å². The van der Waals surface area contributed by atoms with E-state index in [-0.39, 0.29) is 11.7 Å². The van der Waals surface area contributed by atoms with Gasteiger partial charge in [-0.1, -0.05) is 61.0 Å². The molecule has 1 aliphatic heterocycles. The topological polar surface area (TPSA) is 73.2 Å². The van der Waals surface area contributed by atoms with Gasteiger partial charge in [0.15, 0.2) is 0 Å². The average molecular weight is 679 g/mol. The van der Waals surface area contributed by atoms with Crippen molar-refractivity contribution in [3.05, 3.63) is 106 Å². The van der Waals surface area contributed by atoms with E-state index in [9.17, 15) is 15.0 Å². The van der Waals surface area contributed by atoms with Crippen molar-refractivity contribution in [2.45, 2.75) is 76.4 Å². The first kappa shape index (κ1) is 34.0. The molecule has 4 unspecified atom stereocenters. The van der Waals surface area contributed by atoms with Crippen LogP contribution in [0.5, 0.6) is 5.75 Å². The molecule has 2 N–H and O–H groups in total. The molecule has 3 aliphatic carbocycles. The van der Waals surface area contributed by atoms with Gasteiger partial charge < -0.3 is 19.8 Å². The number of hydrogen-bond donors (Lipinski definition) is 2. The fraction of sp³-hybridized carbons (Fsp3) is 0.452. The minimum absolute atomic E-state index is 0.0244. The van der Waals surface area contributed by atoms with E-state index >= 15 is 0 Å². The molecular formula is C42H50N2O4S. The van der Waals surface area contributed by atoms with Gasteiger partial charge in [-0.2, -0.15) is 0 Å². The van der Waals surface area contributed by atoms with Crippen LogP contribution in [0, 0.1) is 5.41 Å². The third-order valence-electron chi connectivity index (χ3n) is 11.8. The van der Waals surface area contributed by atoms with Gasteiger partial charge in [-0.05, 0) is 105 Å². The number of carbonyl (C=O) groups is 1. The molecule has 7 heteroatoms. The number of allylic oxidation sites excluding steroid dienone is 2. The number of thiophene rings is 1. The summed E-state index contributed by atoms with van der Waals surface area (Å²) in [4.78, 5) is 20.1. The molecule has 4 aliphatic rings. The van der Waals surface area contributed by atoms with Crippen LogP contribution in [0.4, 0.5) is 5.69 Å². The number of nitrogens with zero attached hydrogens (tertiary/aromatic N) is 2. The fourth-order valence-corrected chi connectivity index (χ4v) is 9.85. The van der Waals surface area contributed by atoms with Crippen LogP contribution < -0.4 is 9.64 Å². The third kappa shape index (κ3) is 6.71. The second kappa shape index (κ2) is 14.0. The molecule has 49 heavy (non-hydrogen) atoms. The molecule has 4 atom stereocenters. The number of rotatable bonds is 6. The fourth-order valence-electron chi connectivity index (χ4n) is 8.83. The maximum absolute atomic E-state index is 14.5. The number of carbonyl (C=O) groups excluding carboxylic acids is 1. The summed E-state index contributed by atoms with van der Waals surface area (Å²) in [5, 5.41) is 24.9. The van der Waals surface area contributed by atoms with Crippen molar-refractivity contribution in [2.75, 3.05) is 44.7 Å². The van der Waals surface area contributed by atoms with Gasteiger partial charge in [0.25, 0.3) is 0 Å². The molecule has 3 aromatic carbocycles. The highest BCUT2D eigenvalue weighted by atomic mass is 32.1. The number of para-hydroxylation sites is 2. The van der Waals surface area contributed by atoms with E-state index in [1.807, 2.05) is 30.3 Å². The molecule has 1 saturated carbocycles. The van der Waals surface area contributed by atoms with E-state index in [0.717, 1.165) is 95.0 Å². The molecule has 2 heterocycles. The summed E-state index contributed by atoms with van der Waals surface area (Å²) in [6.07, 6.45) is 7.11. The molecule has 2 fully saturated rings. The smallest absolute Gasteiger partial charge is 0.203 e. The van der Waals surface area contributed by atoms with E-state index in [4.69, 9.17) is 4.74 Å². The molecular weight excluding hydrogens is 629 g/mol. The molecule has 4 aromatic rings. The van der Waals surface area contributed by atoms with Gasteiger partial charge in [0.1, 0.15) is 5.75 Å². The zero-order valence-electron chi connectivity index (χ0n) is 29.2. The van der Waals surface area contributed by atoms with E-state index in [2.05, 4.69) is 72.2 Å². The average Bonchev–Trinajstić information content (AvgIpc) is 3.65. The van der Waals surface area contributed by atoms with Crippen LogP contribution in [-0.4, -0.2) is 72.4 Å². The number of ether oxygens (including phenoxy) is 1. The quantitative estimate of drug-likeness (QED) is 0.159. The van der Waals surface area contributed by atoms with Crippen LogP contribution in [0.3, 0.4) is 0 Å². The van der Waals surface area contributed by atoms with Crippen LogP contribution in [-0.2, 0) is 6.42 Å². The Kier molecular flexibility index (Phi) is 9.73. The maximum atomic E-state index is 14.5. The van der Waals surface area contributed by atoms with E-state index in [1.54, 1.807) is 18.4 Å². The van der Waals surface area contributed by atoms with Crippen LogP contribution in [0.2, 0.25) is 0 Å². The lowest BCUT2D eigenvalue weighted by atomic mass is 9.64. The first-order chi connectivity index (χ1) is 23.7. The van der Waals surface area contributed by atoms with Gasteiger partial charge in [0.2, 0.25) is 5.78 Å². The SMILES string of the molecule is COc1ccccc1N1CCN(CC2(O)CCC3c4ccc(cc4C(=O)c4cc5ccccc5s4)CC(O)CCC(C)=CCCC32C)CC1. The highest BCUT2D eigenvalue weighted by Crippen LogP contribution is 2.59. The van der Waals surface area contributed by atoms with Gasteiger partial charge in [0, 0.05) is 48.4 Å². The van der Waals surface area contributed by atoms with Crippen molar-refractivity contribution in [1.29, 1.82) is 0 Å². The maximum Gasteiger partial charge on any atom is 0.203 e. The van der Waals surface area contributed by atoms with Crippen molar-refractivity contribution in [3.8, 4) is 5.75 Å². The summed E-state index contributed by atoms with van der Waals surface area (Å²) in [6.45, 7) is 8.55. The number of hydrogen-bond acceptors (Lipinski definition) is 7. The van der Waals surface area contributed by atoms with E-state index in [1.165, 1.54) is 5.57 Å². The molecule has 0 amide bonds. The number of piperazine rings is 1. The standard InChI is InChI=1S/C42H50N2O4S/c1-29-9-8-19-41(2)35(18-20-42(41,47)28-43-21-23-44(24-22-43)36-11-5-6-12-37(36)48-3)33-17-15-30(25-32(45)16-14-29)26-34(33)40(46)39-27-31-10-4-7-13-38(31)49-39/h4-7,9-13,15,17,26-27,32,35,45,47H,8,14,16,18-25,28H2,1-3H3. The normalized spacial score (nSPS) is 26.7. The highest BCUT2D eigenvalue weighted by molar-refractivity contribution is 7.21. The number of ketones is 1. The minimum Gasteiger partial charge on any atom is -0.495 e. The molecule has 8 rings (SSSR count). The van der Waals surface area contributed by atoms with Crippen molar-refractivity contribution in [2.24, 2.45) is 5.41 Å². The van der Waals surface area contributed by atoms with E-state index < -0.39 is 17.1 Å². The zero-order valence-corrected chi connectivity index (χ0v) is 30.0. The number of anilines is 1. The molecule has 6 nitrogen and oxygen atoms in total. The van der Waals surface area contributed by atoms with Gasteiger partial charge >= 0.3 is 0 Å². The van der Waals surface area contributed by atoms with Crippen molar-refractivity contribution < 1.29 is 19.7 Å². The lowest BCUT2D eigenvalue weighted by molar-refractivity contribution is -0.0841. The summed E-state index contributed by atoms with van der Waals surface area (Å²) >= 11 is 1.55. The highest BCUT2D eigenvalue weighted by Gasteiger charge is 2.57. The first-order valence-corrected chi connectivity index (χ1v) is 18.8. The Hall–Kier alpha value is -3.49. The van der Waals surface area contributed by atoms with Crippen LogP contribution in [0.25, 0.3) is 10.1 Å². The number of fused-ring (bicyclic) bond motifs is 9. The first-order valence-electron chi connectivity index (χ1n) is 18.0. The molecule has 258 valence electrons. The number of methoxy groups -OCH3 is 1. The van der Waals surface area contributed by atoms with Crippen molar-refractivity contribution in [1.82, 2.24) is 4.90 Å². The minimum atomic E-state index is -0.907. The molecule has 1 aromatic heterocycles. The second-order valence-electron chi connectivity index (χ2n) is 14.9.